The van der Waals surface area contributed by atoms with Crippen molar-refractivity contribution in [2.45, 2.75) is 53.4 Å². The van der Waals surface area contributed by atoms with Crippen molar-refractivity contribution >= 4 is 17.5 Å². The van der Waals surface area contributed by atoms with Gasteiger partial charge in [0.15, 0.2) is 0 Å². The summed E-state index contributed by atoms with van der Waals surface area (Å²) in [5.74, 6) is 2.02. The Kier molecular flexibility index (Phi) is 9.53. The fourth-order valence-electron chi connectivity index (χ4n) is 2.51. The molecule has 0 radical (unpaired) electrons. The number of hydrogen-bond acceptors (Lipinski definition) is 2. The van der Waals surface area contributed by atoms with Gasteiger partial charge in [-0.2, -0.15) is 0 Å². The summed E-state index contributed by atoms with van der Waals surface area (Å²) < 4.78 is 0. The third kappa shape index (κ3) is 5.60. The molecule has 0 amide bonds. The minimum absolute atomic E-state index is 0.570. The Morgan fingerprint density at radius 1 is 1.28 bits per heavy atom. The van der Waals surface area contributed by atoms with E-state index in [1.807, 2.05) is 18.8 Å². The van der Waals surface area contributed by atoms with Crippen LogP contribution in [-0.4, -0.2) is 19.0 Å². The van der Waals surface area contributed by atoms with Gasteiger partial charge in [0.2, 0.25) is 0 Å². The summed E-state index contributed by atoms with van der Waals surface area (Å²) in [5.41, 5.74) is 1.32. The van der Waals surface area contributed by atoms with Crippen molar-refractivity contribution in [3.05, 3.63) is 11.5 Å². The molecule has 0 saturated heterocycles. The standard InChI is InChI=1S/C16H31NS/c1-8-10-12(3)13(4)16(14(5)18-7)11-15(9-2)17-6/h12-13,16H,5,8-11H2,1-4,6-7H3/t12-,13?,16?/m1/s1. The Bertz CT molecular complexity index is 270. The van der Waals surface area contributed by atoms with Crippen LogP contribution in [-0.2, 0) is 0 Å². The average molecular weight is 269 g/mol. The molecule has 106 valence electrons. The molecule has 2 heteroatoms. The van der Waals surface area contributed by atoms with Crippen LogP contribution in [0.4, 0.5) is 0 Å². The van der Waals surface area contributed by atoms with E-state index >= 15 is 0 Å². The number of thioether (sulfide) groups is 1. The normalized spacial score (nSPS) is 17.3. The highest BCUT2D eigenvalue weighted by atomic mass is 32.2. The van der Waals surface area contributed by atoms with E-state index in [2.05, 4.69) is 45.5 Å². The van der Waals surface area contributed by atoms with Gasteiger partial charge in [0.1, 0.15) is 0 Å². The summed E-state index contributed by atoms with van der Waals surface area (Å²) in [4.78, 5) is 5.74. The summed E-state index contributed by atoms with van der Waals surface area (Å²) in [6.07, 6.45) is 6.86. The molecule has 0 aliphatic rings. The molecule has 0 aliphatic heterocycles. The molecule has 0 aromatic carbocycles. The molecule has 18 heavy (non-hydrogen) atoms. The van der Waals surface area contributed by atoms with E-state index < -0.39 is 0 Å². The predicted molar refractivity (Wildman–Crippen MR) is 87.6 cm³/mol. The first-order valence-electron chi connectivity index (χ1n) is 7.18. The summed E-state index contributed by atoms with van der Waals surface area (Å²) in [6, 6.07) is 0. The Hall–Kier alpha value is -0.240. The summed E-state index contributed by atoms with van der Waals surface area (Å²) in [7, 11) is 1.91. The van der Waals surface area contributed by atoms with Crippen LogP contribution in [0.2, 0.25) is 0 Å². The fraction of sp³-hybridized carbons (Fsp3) is 0.812. The first kappa shape index (κ1) is 17.8. The molecule has 0 saturated carbocycles. The van der Waals surface area contributed by atoms with Gasteiger partial charge in [0, 0.05) is 12.8 Å². The molecule has 0 heterocycles. The van der Waals surface area contributed by atoms with Gasteiger partial charge in [-0.1, -0.05) is 47.1 Å². The van der Waals surface area contributed by atoms with E-state index in [-0.39, 0.29) is 0 Å². The van der Waals surface area contributed by atoms with E-state index in [1.54, 1.807) is 0 Å². The van der Waals surface area contributed by atoms with Crippen LogP contribution in [0.1, 0.15) is 53.4 Å². The maximum atomic E-state index is 4.42. The Morgan fingerprint density at radius 3 is 2.28 bits per heavy atom. The van der Waals surface area contributed by atoms with Gasteiger partial charge in [-0.15, -0.1) is 11.8 Å². The van der Waals surface area contributed by atoms with Gasteiger partial charge < -0.3 is 0 Å². The molecule has 2 unspecified atom stereocenters. The number of aliphatic imine (C=N–C) groups is 1. The lowest BCUT2D eigenvalue weighted by Gasteiger charge is -2.30. The molecule has 3 atom stereocenters. The minimum atomic E-state index is 0.570. The first-order valence-corrected chi connectivity index (χ1v) is 8.41. The van der Waals surface area contributed by atoms with Crippen molar-refractivity contribution in [3.8, 4) is 0 Å². The highest BCUT2D eigenvalue weighted by molar-refractivity contribution is 8.02. The summed E-state index contributed by atoms with van der Waals surface area (Å²) in [5, 5.41) is 0. The Morgan fingerprint density at radius 2 is 1.89 bits per heavy atom. The van der Waals surface area contributed by atoms with Crippen molar-refractivity contribution < 1.29 is 0 Å². The second-order valence-corrected chi connectivity index (χ2v) is 6.18. The van der Waals surface area contributed by atoms with Crippen LogP contribution < -0.4 is 0 Å². The molecule has 0 aliphatic carbocycles. The van der Waals surface area contributed by atoms with Gasteiger partial charge in [-0.3, -0.25) is 4.99 Å². The van der Waals surface area contributed by atoms with Crippen molar-refractivity contribution in [3.63, 3.8) is 0 Å². The molecular weight excluding hydrogens is 238 g/mol. The second-order valence-electron chi connectivity index (χ2n) is 5.25. The third-order valence-corrected chi connectivity index (χ3v) is 4.96. The predicted octanol–water partition coefficient (Wildman–Crippen LogP) is 5.42. The Balaban J connectivity index is 4.82. The molecule has 0 bridgehead atoms. The van der Waals surface area contributed by atoms with Crippen molar-refractivity contribution in [1.82, 2.24) is 0 Å². The monoisotopic (exact) mass is 269 g/mol. The largest absolute Gasteiger partial charge is 0.297 e. The lowest BCUT2D eigenvalue weighted by molar-refractivity contribution is 0.289. The number of hydrogen-bond donors (Lipinski definition) is 0. The topological polar surface area (TPSA) is 12.4 Å². The molecule has 0 fully saturated rings. The lowest BCUT2D eigenvalue weighted by atomic mass is 9.79. The van der Waals surface area contributed by atoms with Gasteiger partial charge >= 0.3 is 0 Å². The quantitative estimate of drug-likeness (QED) is 0.509. The summed E-state index contributed by atoms with van der Waals surface area (Å²) >= 11 is 1.81. The van der Waals surface area contributed by atoms with Crippen LogP contribution in [0.25, 0.3) is 0 Å². The van der Waals surface area contributed by atoms with E-state index in [0.717, 1.165) is 18.8 Å². The average Bonchev–Trinajstić information content (AvgIpc) is 2.39. The van der Waals surface area contributed by atoms with Crippen LogP contribution >= 0.6 is 11.8 Å². The first-order chi connectivity index (χ1) is 8.51. The summed E-state index contributed by atoms with van der Waals surface area (Å²) in [6.45, 7) is 13.5. The number of allylic oxidation sites excluding steroid dienone is 1. The maximum absolute atomic E-state index is 4.42. The van der Waals surface area contributed by atoms with Crippen LogP contribution in [0.15, 0.2) is 16.5 Å². The SMILES string of the molecule is C=C(SC)C(CC(CC)=NC)C(C)[C@H](C)CCC. The van der Waals surface area contributed by atoms with Crippen molar-refractivity contribution in [2.24, 2.45) is 22.7 Å². The molecular formula is C16H31NS. The van der Waals surface area contributed by atoms with Crippen LogP contribution in [0.5, 0.6) is 0 Å². The molecule has 0 rings (SSSR count). The number of rotatable bonds is 9. The van der Waals surface area contributed by atoms with Crippen LogP contribution in [0, 0.1) is 17.8 Å². The Labute approximate surface area is 119 Å². The molecule has 0 aromatic heterocycles. The second kappa shape index (κ2) is 9.66. The minimum Gasteiger partial charge on any atom is -0.297 e. The molecule has 0 aromatic rings. The molecule has 1 nitrogen and oxygen atoms in total. The lowest BCUT2D eigenvalue weighted by Crippen LogP contribution is -2.22. The van der Waals surface area contributed by atoms with E-state index in [0.29, 0.717) is 11.8 Å². The zero-order valence-corrected chi connectivity index (χ0v) is 13.9. The van der Waals surface area contributed by atoms with E-state index in [9.17, 15) is 0 Å². The van der Waals surface area contributed by atoms with E-state index in [4.69, 9.17) is 0 Å². The van der Waals surface area contributed by atoms with Crippen LogP contribution in [0.3, 0.4) is 0 Å². The highest BCUT2D eigenvalue weighted by Gasteiger charge is 2.25. The molecule has 0 N–H and O–H groups in total. The van der Waals surface area contributed by atoms with Gasteiger partial charge in [0.25, 0.3) is 0 Å². The zero-order chi connectivity index (χ0) is 14.1. The maximum Gasteiger partial charge on any atom is 0.0276 e. The van der Waals surface area contributed by atoms with Gasteiger partial charge in [-0.05, 0) is 41.8 Å². The van der Waals surface area contributed by atoms with Gasteiger partial charge in [0.05, 0.1) is 0 Å². The van der Waals surface area contributed by atoms with Crippen molar-refractivity contribution in [2.75, 3.05) is 13.3 Å². The van der Waals surface area contributed by atoms with Crippen molar-refractivity contribution in [1.29, 1.82) is 0 Å². The highest BCUT2D eigenvalue weighted by Crippen LogP contribution is 2.36. The molecule has 0 spiro atoms. The van der Waals surface area contributed by atoms with Gasteiger partial charge in [-0.25, -0.2) is 0 Å². The zero-order valence-electron chi connectivity index (χ0n) is 13.1. The number of nitrogens with zero attached hydrogens (tertiary/aromatic N) is 1. The fourth-order valence-corrected chi connectivity index (χ4v) is 3.11. The van der Waals surface area contributed by atoms with E-state index in [1.165, 1.54) is 23.5 Å². The third-order valence-electron chi connectivity index (χ3n) is 4.13. The smallest absolute Gasteiger partial charge is 0.0276 e.